The topological polar surface area (TPSA) is 66.9 Å². The van der Waals surface area contributed by atoms with Crippen molar-refractivity contribution in [2.45, 2.75) is 24.2 Å². The summed E-state index contributed by atoms with van der Waals surface area (Å²) in [7, 11) is -1.17. The van der Waals surface area contributed by atoms with Gasteiger partial charge in [0.1, 0.15) is 0 Å². The molecule has 17 heavy (non-hydrogen) atoms. The van der Waals surface area contributed by atoms with Crippen LogP contribution in [0.4, 0.5) is 5.69 Å². The highest BCUT2D eigenvalue weighted by Gasteiger charge is 2.44. The van der Waals surface area contributed by atoms with E-state index in [1.165, 1.54) is 0 Å². The highest BCUT2D eigenvalue weighted by molar-refractivity contribution is 7.85. The monoisotopic (exact) mass is 268 g/mol. The molecule has 1 atom stereocenters. The molecule has 0 bridgehead atoms. The molecule has 0 saturated heterocycles. The SMILES string of the molecule is N#CCC1(CS(=O)c2cc(Cl)ccc2N)CC1. The lowest BCUT2D eigenvalue weighted by Crippen LogP contribution is -2.13. The lowest BCUT2D eigenvalue weighted by Gasteiger charge is -2.12. The Morgan fingerprint density at radius 2 is 2.24 bits per heavy atom. The summed E-state index contributed by atoms with van der Waals surface area (Å²) in [6.07, 6.45) is 2.43. The predicted octanol–water partition coefficient (Wildman–Crippen LogP) is 2.72. The Morgan fingerprint density at radius 3 is 2.82 bits per heavy atom. The van der Waals surface area contributed by atoms with Gasteiger partial charge >= 0.3 is 0 Å². The molecule has 1 aliphatic carbocycles. The van der Waals surface area contributed by atoms with Gasteiger partial charge in [0.15, 0.2) is 0 Å². The van der Waals surface area contributed by atoms with Crippen LogP contribution in [0, 0.1) is 16.7 Å². The van der Waals surface area contributed by atoms with Crippen molar-refractivity contribution in [1.82, 2.24) is 0 Å². The molecule has 0 radical (unpaired) electrons. The second-order valence-electron chi connectivity index (χ2n) is 4.51. The van der Waals surface area contributed by atoms with Crippen molar-refractivity contribution in [3.05, 3.63) is 23.2 Å². The van der Waals surface area contributed by atoms with E-state index in [4.69, 9.17) is 22.6 Å². The first-order chi connectivity index (χ1) is 8.06. The quantitative estimate of drug-likeness (QED) is 0.854. The maximum absolute atomic E-state index is 12.2. The average molecular weight is 269 g/mol. The third-order valence-corrected chi connectivity index (χ3v) is 5.02. The van der Waals surface area contributed by atoms with Gasteiger partial charge in [-0.3, -0.25) is 4.21 Å². The van der Waals surface area contributed by atoms with Crippen LogP contribution in [0.15, 0.2) is 23.1 Å². The number of anilines is 1. The fraction of sp³-hybridized carbons (Fsp3) is 0.417. The van der Waals surface area contributed by atoms with Crippen molar-refractivity contribution in [3.63, 3.8) is 0 Å². The number of nitrogen functional groups attached to an aromatic ring is 1. The van der Waals surface area contributed by atoms with E-state index in [-0.39, 0.29) is 5.41 Å². The molecule has 3 nitrogen and oxygen atoms in total. The van der Waals surface area contributed by atoms with Gasteiger partial charge < -0.3 is 5.73 Å². The molecule has 0 spiro atoms. The zero-order valence-electron chi connectivity index (χ0n) is 9.28. The number of hydrogen-bond acceptors (Lipinski definition) is 3. The van der Waals surface area contributed by atoms with Crippen molar-refractivity contribution in [1.29, 1.82) is 5.26 Å². The molecule has 1 unspecified atom stereocenters. The Morgan fingerprint density at radius 1 is 1.53 bits per heavy atom. The minimum atomic E-state index is -1.17. The van der Waals surface area contributed by atoms with E-state index in [0.29, 0.717) is 27.8 Å². The van der Waals surface area contributed by atoms with Crippen LogP contribution < -0.4 is 5.73 Å². The van der Waals surface area contributed by atoms with Crippen LogP contribution in [0.1, 0.15) is 19.3 Å². The molecule has 0 aromatic heterocycles. The van der Waals surface area contributed by atoms with Crippen molar-refractivity contribution in [3.8, 4) is 6.07 Å². The summed E-state index contributed by atoms with van der Waals surface area (Å²) in [6.45, 7) is 0. The summed E-state index contributed by atoms with van der Waals surface area (Å²) in [4.78, 5) is 0.585. The molecule has 1 aliphatic rings. The van der Waals surface area contributed by atoms with Crippen molar-refractivity contribution < 1.29 is 4.21 Å². The van der Waals surface area contributed by atoms with E-state index in [2.05, 4.69) is 6.07 Å². The van der Waals surface area contributed by atoms with Crippen molar-refractivity contribution in [2.75, 3.05) is 11.5 Å². The van der Waals surface area contributed by atoms with Gasteiger partial charge in [0, 0.05) is 22.9 Å². The standard InChI is InChI=1S/C12H13ClN2OS/c13-9-1-2-10(15)11(7-9)17(16)8-12(3-4-12)5-6-14/h1-2,7H,3-5,8,15H2. The Balaban J connectivity index is 2.15. The van der Waals surface area contributed by atoms with Gasteiger partial charge in [0.25, 0.3) is 0 Å². The van der Waals surface area contributed by atoms with Gasteiger partial charge in [0.2, 0.25) is 0 Å². The molecular weight excluding hydrogens is 256 g/mol. The van der Waals surface area contributed by atoms with E-state index in [1.807, 2.05) is 0 Å². The summed E-state index contributed by atoms with van der Waals surface area (Å²) in [6, 6.07) is 7.16. The van der Waals surface area contributed by atoms with Crippen LogP contribution in [0.5, 0.6) is 0 Å². The van der Waals surface area contributed by atoms with E-state index >= 15 is 0 Å². The molecule has 0 aliphatic heterocycles. The van der Waals surface area contributed by atoms with Gasteiger partial charge in [-0.25, -0.2) is 0 Å². The maximum atomic E-state index is 12.2. The van der Waals surface area contributed by atoms with Crippen molar-refractivity contribution in [2.24, 2.45) is 5.41 Å². The van der Waals surface area contributed by atoms with Crippen molar-refractivity contribution >= 4 is 28.1 Å². The van der Waals surface area contributed by atoms with Crippen LogP contribution in [0.2, 0.25) is 5.02 Å². The fourth-order valence-corrected chi connectivity index (χ4v) is 3.71. The molecule has 1 fully saturated rings. The summed E-state index contributed by atoms with van der Waals surface area (Å²) >= 11 is 5.87. The van der Waals surface area contributed by atoms with E-state index < -0.39 is 10.8 Å². The minimum absolute atomic E-state index is 0.0473. The molecule has 2 N–H and O–H groups in total. The maximum Gasteiger partial charge on any atom is 0.0632 e. The Labute approximate surface area is 108 Å². The van der Waals surface area contributed by atoms with Gasteiger partial charge in [-0.2, -0.15) is 5.26 Å². The minimum Gasteiger partial charge on any atom is -0.398 e. The molecule has 1 saturated carbocycles. The van der Waals surface area contributed by atoms with E-state index in [1.54, 1.807) is 18.2 Å². The fourth-order valence-electron chi connectivity index (χ4n) is 1.78. The second kappa shape index (κ2) is 4.67. The first-order valence-electron chi connectivity index (χ1n) is 5.37. The lowest BCUT2D eigenvalue weighted by atomic mass is 10.1. The molecular formula is C12H13ClN2OS. The number of nitriles is 1. The summed E-state index contributed by atoms with van der Waals surface area (Å²) in [5.41, 5.74) is 6.24. The van der Waals surface area contributed by atoms with Crippen LogP contribution in [0.3, 0.4) is 0 Å². The van der Waals surface area contributed by atoms with E-state index in [0.717, 1.165) is 12.8 Å². The third-order valence-electron chi connectivity index (χ3n) is 3.07. The lowest BCUT2D eigenvalue weighted by molar-refractivity contribution is 0.587. The Hall–Kier alpha value is -1.05. The molecule has 1 aromatic rings. The average Bonchev–Trinajstić information content (AvgIpc) is 3.02. The second-order valence-corrected chi connectivity index (χ2v) is 6.36. The highest BCUT2D eigenvalue weighted by atomic mass is 35.5. The molecule has 1 aromatic carbocycles. The summed E-state index contributed by atoms with van der Waals surface area (Å²) < 4.78 is 12.2. The molecule has 0 heterocycles. The number of halogens is 1. The Bertz CT molecular complexity index is 506. The highest BCUT2D eigenvalue weighted by Crippen LogP contribution is 2.49. The largest absolute Gasteiger partial charge is 0.398 e. The molecule has 2 rings (SSSR count). The number of rotatable bonds is 4. The van der Waals surface area contributed by atoms with Crippen LogP contribution in [-0.2, 0) is 10.8 Å². The first kappa shape index (κ1) is 12.4. The third kappa shape index (κ3) is 2.80. The van der Waals surface area contributed by atoms with Crippen LogP contribution in [-0.4, -0.2) is 9.96 Å². The number of nitrogens with two attached hydrogens (primary N) is 1. The van der Waals surface area contributed by atoms with Gasteiger partial charge in [-0.15, -0.1) is 0 Å². The van der Waals surface area contributed by atoms with Crippen LogP contribution in [0.25, 0.3) is 0 Å². The summed E-state index contributed by atoms with van der Waals surface area (Å²) in [5.74, 6) is 0.505. The van der Waals surface area contributed by atoms with Gasteiger partial charge in [-0.05, 0) is 36.5 Å². The zero-order valence-corrected chi connectivity index (χ0v) is 10.9. The van der Waals surface area contributed by atoms with Crippen LogP contribution >= 0.6 is 11.6 Å². The predicted molar refractivity (Wildman–Crippen MR) is 69.0 cm³/mol. The van der Waals surface area contributed by atoms with Gasteiger partial charge in [-0.1, -0.05) is 11.6 Å². The first-order valence-corrected chi connectivity index (χ1v) is 7.06. The Kier molecular flexibility index (Phi) is 3.41. The smallest absolute Gasteiger partial charge is 0.0632 e. The number of benzene rings is 1. The molecule has 5 heteroatoms. The number of nitrogens with zero attached hydrogens (tertiary/aromatic N) is 1. The zero-order chi connectivity index (χ0) is 12.5. The van der Waals surface area contributed by atoms with Gasteiger partial charge in [0.05, 0.1) is 21.8 Å². The summed E-state index contributed by atoms with van der Waals surface area (Å²) in [5, 5.41) is 9.26. The van der Waals surface area contributed by atoms with E-state index in [9.17, 15) is 4.21 Å². The molecule has 90 valence electrons. The number of hydrogen-bond donors (Lipinski definition) is 1. The normalized spacial score (nSPS) is 18.4. The molecule has 0 amide bonds.